The van der Waals surface area contributed by atoms with Crippen LogP contribution in [0.15, 0.2) is 35.9 Å². The highest BCUT2D eigenvalue weighted by atomic mass is 16.5. The summed E-state index contributed by atoms with van der Waals surface area (Å²) in [6.07, 6.45) is 0.845. The molecule has 122 valence electrons. The highest BCUT2D eigenvalue weighted by Gasteiger charge is 2.38. The van der Waals surface area contributed by atoms with Gasteiger partial charge in [-0.2, -0.15) is 0 Å². The van der Waals surface area contributed by atoms with E-state index in [0.717, 1.165) is 34.3 Å². The van der Waals surface area contributed by atoms with Crippen LogP contribution in [0.25, 0.3) is 5.57 Å². The summed E-state index contributed by atoms with van der Waals surface area (Å²) in [5, 5.41) is 9.85. The monoisotopic (exact) mass is 320 g/mol. The molecular weight excluding hydrogens is 300 g/mol. The molecule has 2 aromatic carbocycles. The van der Waals surface area contributed by atoms with Gasteiger partial charge in [-0.25, -0.2) is 4.79 Å². The molecule has 0 amide bonds. The standard InChI is InChI=1S/C21H20O3/c1-11-6-15-9-16-10-24-21(23)20(16)19(17(15)8-12(11)2)14-4-5-18(22)13(3)7-14/h4-8,16,22H,9-10H2,1-3H3. The molecule has 0 saturated carbocycles. The van der Waals surface area contributed by atoms with E-state index in [1.54, 1.807) is 6.07 Å². The third kappa shape index (κ3) is 2.15. The Kier molecular flexibility index (Phi) is 3.27. The number of benzene rings is 2. The first-order chi connectivity index (χ1) is 11.5. The summed E-state index contributed by atoms with van der Waals surface area (Å²) >= 11 is 0. The Hall–Kier alpha value is -2.55. The van der Waals surface area contributed by atoms with E-state index in [-0.39, 0.29) is 17.6 Å². The van der Waals surface area contributed by atoms with Gasteiger partial charge in [-0.1, -0.05) is 18.2 Å². The predicted molar refractivity (Wildman–Crippen MR) is 92.9 cm³/mol. The summed E-state index contributed by atoms with van der Waals surface area (Å²) in [5.74, 6) is 0.187. The van der Waals surface area contributed by atoms with E-state index in [1.807, 2.05) is 19.1 Å². The Morgan fingerprint density at radius 3 is 2.54 bits per heavy atom. The molecule has 1 unspecified atom stereocenters. The zero-order chi connectivity index (χ0) is 17.0. The van der Waals surface area contributed by atoms with Crippen molar-refractivity contribution in [1.29, 1.82) is 0 Å². The molecule has 3 heteroatoms. The van der Waals surface area contributed by atoms with Crippen molar-refractivity contribution in [2.24, 2.45) is 5.92 Å². The topological polar surface area (TPSA) is 46.5 Å². The lowest BCUT2D eigenvalue weighted by Gasteiger charge is -2.25. The molecule has 1 heterocycles. The maximum absolute atomic E-state index is 12.4. The third-order valence-corrected chi connectivity index (χ3v) is 5.25. The zero-order valence-corrected chi connectivity index (χ0v) is 14.1. The van der Waals surface area contributed by atoms with Crippen LogP contribution in [0.5, 0.6) is 5.75 Å². The maximum atomic E-state index is 12.4. The average molecular weight is 320 g/mol. The molecule has 0 radical (unpaired) electrons. The predicted octanol–water partition coefficient (Wildman–Crippen LogP) is 3.85. The van der Waals surface area contributed by atoms with Crippen molar-refractivity contribution in [2.45, 2.75) is 27.2 Å². The SMILES string of the molecule is Cc1cc2c(cc1C)C(c1ccc(O)c(C)c1)=C1C(=O)OCC1C2. The number of cyclic esters (lactones) is 1. The number of carbonyl (C=O) groups is 1. The zero-order valence-electron chi connectivity index (χ0n) is 14.1. The van der Waals surface area contributed by atoms with Crippen LogP contribution in [-0.2, 0) is 16.0 Å². The molecule has 1 aliphatic carbocycles. The van der Waals surface area contributed by atoms with Crippen LogP contribution < -0.4 is 0 Å². The van der Waals surface area contributed by atoms with E-state index in [4.69, 9.17) is 4.74 Å². The first-order valence-corrected chi connectivity index (χ1v) is 8.27. The molecule has 4 rings (SSSR count). The number of hydrogen-bond acceptors (Lipinski definition) is 3. The summed E-state index contributed by atoms with van der Waals surface area (Å²) in [6, 6.07) is 9.94. The first kappa shape index (κ1) is 15.0. The molecule has 0 aromatic heterocycles. The van der Waals surface area contributed by atoms with E-state index >= 15 is 0 Å². The van der Waals surface area contributed by atoms with Crippen LogP contribution in [0.1, 0.15) is 33.4 Å². The molecule has 1 atom stereocenters. The largest absolute Gasteiger partial charge is 0.508 e. The Morgan fingerprint density at radius 1 is 1.04 bits per heavy atom. The lowest BCUT2D eigenvalue weighted by molar-refractivity contribution is -0.135. The summed E-state index contributed by atoms with van der Waals surface area (Å²) < 4.78 is 5.35. The van der Waals surface area contributed by atoms with Gasteiger partial charge in [-0.3, -0.25) is 0 Å². The van der Waals surface area contributed by atoms with Crippen LogP contribution in [0.3, 0.4) is 0 Å². The van der Waals surface area contributed by atoms with Crippen LogP contribution in [0, 0.1) is 26.7 Å². The molecule has 1 saturated heterocycles. The van der Waals surface area contributed by atoms with Gasteiger partial charge in [0.25, 0.3) is 0 Å². The summed E-state index contributed by atoms with van der Waals surface area (Å²) in [4.78, 5) is 12.4. The Labute approximate surface area is 141 Å². The average Bonchev–Trinajstić information content (AvgIpc) is 2.90. The van der Waals surface area contributed by atoms with Crippen LogP contribution >= 0.6 is 0 Å². The van der Waals surface area contributed by atoms with Gasteiger partial charge >= 0.3 is 5.97 Å². The smallest absolute Gasteiger partial charge is 0.335 e. The Balaban J connectivity index is 2.02. The molecule has 24 heavy (non-hydrogen) atoms. The summed E-state index contributed by atoms with van der Waals surface area (Å²) in [7, 11) is 0. The normalized spacial score (nSPS) is 19.1. The van der Waals surface area contributed by atoms with Crippen LogP contribution in [0.4, 0.5) is 0 Å². The minimum absolute atomic E-state index is 0.121. The number of ether oxygens (including phenoxy) is 1. The lowest BCUT2D eigenvalue weighted by Crippen LogP contribution is -2.17. The van der Waals surface area contributed by atoms with E-state index in [9.17, 15) is 9.90 Å². The molecule has 1 aliphatic heterocycles. The quantitative estimate of drug-likeness (QED) is 0.812. The summed E-state index contributed by atoms with van der Waals surface area (Å²) in [6.45, 7) is 6.55. The molecule has 0 bridgehead atoms. The van der Waals surface area contributed by atoms with E-state index in [0.29, 0.717) is 6.61 Å². The molecule has 1 N–H and O–H groups in total. The summed E-state index contributed by atoms with van der Waals surface area (Å²) in [5.41, 5.74) is 8.40. The second kappa shape index (κ2) is 5.23. The molecule has 1 fully saturated rings. The lowest BCUT2D eigenvalue weighted by atomic mass is 9.76. The van der Waals surface area contributed by atoms with Gasteiger partial charge in [0.05, 0.1) is 12.2 Å². The van der Waals surface area contributed by atoms with Crippen molar-refractivity contribution >= 4 is 11.5 Å². The number of phenolic OH excluding ortho intramolecular Hbond substituents is 1. The fourth-order valence-corrected chi connectivity index (χ4v) is 3.78. The van der Waals surface area contributed by atoms with Gasteiger partial charge in [0.1, 0.15) is 5.75 Å². The highest BCUT2D eigenvalue weighted by molar-refractivity contribution is 6.05. The van der Waals surface area contributed by atoms with Crippen molar-refractivity contribution in [2.75, 3.05) is 6.61 Å². The van der Waals surface area contributed by atoms with Crippen molar-refractivity contribution < 1.29 is 14.6 Å². The number of fused-ring (bicyclic) bond motifs is 2. The Morgan fingerprint density at radius 2 is 1.79 bits per heavy atom. The van der Waals surface area contributed by atoms with Crippen molar-refractivity contribution in [3.8, 4) is 5.75 Å². The van der Waals surface area contributed by atoms with E-state index in [2.05, 4.69) is 26.0 Å². The van der Waals surface area contributed by atoms with Gasteiger partial charge in [-0.05, 0) is 72.7 Å². The van der Waals surface area contributed by atoms with Crippen LogP contribution in [-0.4, -0.2) is 17.7 Å². The van der Waals surface area contributed by atoms with Gasteiger partial charge < -0.3 is 9.84 Å². The number of phenols is 1. The van der Waals surface area contributed by atoms with Gasteiger partial charge in [-0.15, -0.1) is 0 Å². The van der Waals surface area contributed by atoms with Crippen molar-refractivity contribution in [1.82, 2.24) is 0 Å². The third-order valence-electron chi connectivity index (χ3n) is 5.25. The first-order valence-electron chi connectivity index (χ1n) is 8.27. The second-order valence-corrected chi connectivity index (χ2v) is 6.88. The van der Waals surface area contributed by atoms with E-state index in [1.165, 1.54) is 16.7 Å². The van der Waals surface area contributed by atoms with E-state index < -0.39 is 0 Å². The second-order valence-electron chi connectivity index (χ2n) is 6.88. The fraction of sp³-hybridized carbons (Fsp3) is 0.286. The van der Waals surface area contributed by atoms with Crippen molar-refractivity contribution in [3.63, 3.8) is 0 Å². The van der Waals surface area contributed by atoms with Gasteiger partial charge in [0.15, 0.2) is 0 Å². The number of carbonyl (C=O) groups excluding carboxylic acids is 1. The van der Waals surface area contributed by atoms with Gasteiger partial charge in [0, 0.05) is 11.5 Å². The highest BCUT2D eigenvalue weighted by Crippen LogP contribution is 2.43. The van der Waals surface area contributed by atoms with Crippen LogP contribution in [0.2, 0.25) is 0 Å². The number of esters is 1. The number of aromatic hydroxyl groups is 1. The molecule has 0 spiro atoms. The minimum atomic E-state index is -0.204. The number of aryl methyl sites for hydroxylation is 3. The van der Waals surface area contributed by atoms with Crippen molar-refractivity contribution in [3.05, 3.63) is 69.3 Å². The minimum Gasteiger partial charge on any atom is -0.508 e. The Bertz CT molecular complexity index is 906. The fourth-order valence-electron chi connectivity index (χ4n) is 3.78. The number of rotatable bonds is 1. The molecular formula is C21H20O3. The number of hydrogen-bond donors (Lipinski definition) is 1. The molecule has 2 aliphatic rings. The maximum Gasteiger partial charge on any atom is 0.335 e. The molecule has 2 aromatic rings. The van der Waals surface area contributed by atoms with Gasteiger partial charge in [0.2, 0.25) is 0 Å². The molecule has 3 nitrogen and oxygen atoms in total.